The number of aryl methyl sites for hydroxylation is 1. The van der Waals surface area contributed by atoms with Crippen LogP contribution in [0.15, 0.2) is 36.4 Å². The zero-order valence-electron chi connectivity index (χ0n) is 15.1. The van der Waals surface area contributed by atoms with Crippen molar-refractivity contribution in [3.8, 4) is 0 Å². The number of hydrogen-bond acceptors (Lipinski definition) is 4. The topological polar surface area (TPSA) is 32.3 Å². The lowest BCUT2D eigenvalue weighted by molar-refractivity contribution is 0.446. The molecule has 2 aromatic rings. The van der Waals surface area contributed by atoms with Crippen molar-refractivity contribution in [2.24, 2.45) is 0 Å². The first-order chi connectivity index (χ1) is 11.7. The molecule has 1 aliphatic heterocycles. The molecule has 0 amide bonds. The summed E-state index contributed by atoms with van der Waals surface area (Å²) < 4.78 is 0. The van der Waals surface area contributed by atoms with Crippen molar-refractivity contribution in [3.63, 3.8) is 0 Å². The van der Waals surface area contributed by atoms with Crippen LogP contribution in [-0.2, 0) is 0 Å². The summed E-state index contributed by atoms with van der Waals surface area (Å²) in [6, 6.07) is 13.1. The highest BCUT2D eigenvalue weighted by Gasteiger charge is 2.23. The van der Waals surface area contributed by atoms with Crippen LogP contribution in [0.2, 0.25) is 0 Å². The second kappa shape index (κ2) is 7.65. The fourth-order valence-corrected chi connectivity index (χ4v) is 3.58. The Morgan fingerprint density at radius 2 is 1.92 bits per heavy atom. The summed E-state index contributed by atoms with van der Waals surface area (Å²) >= 11 is 0. The molecule has 1 aromatic carbocycles. The van der Waals surface area contributed by atoms with Crippen LogP contribution in [0.25, 0.3) is 0 Å². The minimum absolute atomic E-state index is 0.604. The Morgan fingerprint density at radius 3 is 2.62 bits per heavy atom. The number of rotatable bonds is 5. The van der Waals surface area contributed by atoms with Crippen LogP contribution in [0.4, 0.5) is 17.5 Å². The maximum atomic E-state index is 4.94. The standard InChI is InChI=1S/C20H28N4/c1-4-17-11-9-10-14-24(17)19-15-16(3)21-20(22-19)23(5-2)18-12-7-6-8-13-18/h6-8,12-13,15,17H,4-5,9-11,14H2,1-3H3. The number of aromatic nitrogens is 2. The molecule has 128 valence electrons. The molecule has 0 N–H and O–H groups in total. The maximum absolute atomic E-state index is 4.94. The van der Waals surface area contributed by atoms with Crippen LogP contribution >= 0.6 is 0 Å². The van der Waals surface area contributed by atoms with E-state index in [0.717, 1.165) is 36.2 Å². The minimum atomic E-state index is 0.604. The van der Waals surface area contributed by atoms with E-state index in [-0.39, 0.29) is 0 Å². The molecule has 4 nitrogen and oxygen atoms in total. The van der Waals surface area contributed by atoms with Crippen LogP contribution < -0.4 is 9.80 Å². The summed E-state index contributed by atoms with van der Waals surface area (Å²) in [4.78, 5) is 14.3. The summed E-state index contributed by atoms with van der Waals surface area (Å²) in [5, 5.41) is 0. The van der Waals surface area contributed by atoms with Gasteiger partial charge in [-0.05, 0) is 51.7 Å². The monoisotopic (exact) mass is 324 g/mol. The van der Waals surface area contributed by atoms with E-state index in [1.54, 1.807) is 0 Å². The second-order valence-corrected chi connectivity index (χ2v) is 6.50. The van der Waals surface area contributed by atoms with Gasteiger partial charge in [-0.3, -0.25) is 0 Å². The third kappa shape index (κ3) is 3.53. The normalized spacial score (nSPS) is 17.8. The van der Waals surface area contributed by atoms with Crippen molar-refractivity contribution >= 4 is 17.5 Å². The molecule has 0 bridgehead atoms. The van der Waals surface area contributed by atoms with Crippen molar-refractivity contribution in [2.45, 2.75) is 52.5 Å². The first-order valence-corrected chi connectivity index (χ1v) is 9.17. The zero-order valence-corrected chi connectivity index (χ0v) is 15.1. The Morgan fingerprint density at radius 1 is 1.12 bits per heavy atom. The van der Waals surface area contributed by atoms with Gasteiger partial charge in [0.1, 0.15) is 5.82 Å². The molecule has 0 saturated carbocycles. The molecule has 2 heterocycles. The van der Waals surface area contributed by atoms with E-state index in [0.29, 0.717) is 6.04 Å². The summed E-state index contributed by atoms with van der Waals surface area (Å²) in [6.45, 7) is 8.45. The van der Waals surface area contributed by atoms with E-state index in [9.17, 15) is 0 Å². The molecule has 24 heavy (non-hydrogen) atoms. The highest BCUT2D eigenvalue weighted by molar-refractivity contribution is 5.59. The fourth-order valence-electron chi connectivity index (χ4n) is 3.58. The van der Waals surface area contributed by atoms with Gasteiger partial charge in [0.25, 0.3) is 0 Å². The molecule has 1 aromatic heterocycles. The highest BCUT2D eigenvalue weighted by Crippen LogP contribution is 2.28. The Bertz CT molecular complexity index is 656. The lowest BCUT2D eigenvalue weighted by Gasteiger charge is -2.36. The third-order valence-corrected chi connectivity index (χ3v) is 4.85. The number of hydrogen-bond donors (Lipinski definition) is 0. The Labute approximate surface area is 145 Å². The van der Waals surface area contributed by atoms with E-state index < -0.39 is 0 Å². The average molecular weight is 324 g/mol. The summed E-state index contributed by atoms with van der Waals surface area (Å²) in [5.74, 6) is 1.89. The van der Waals surface area contributed by atoms with Crippen LogP contribution in [0, 0.1) is 6.92 Å². The van der Waals surface area contributed by atoms with E-state index in [1.165, 1.54) is 25.7 Å². The van der Waals surface area contributed by atoms with Gasteiger partial charge in [0, 0.05) is 36.6 Å². The van der Waals surface area contributed by atoms with E-state index in [2.05, 4.69) is 60.9 Å². The lowest BCUT2D eigenvalue weighted by Crippen LogP contribution is -2.40. The van der Waals surface area contributed by atoms with Gasteiger partial charge in [-0.15, -0.1) is 0 Å². The van der Waals surface area contributed by atoms with Crippen LogP contribution in [0.1, 0.15) is 45.2 Å². The quantitative estimate of drug-likeness (QED) is 0.797. The molecular weight excluding hydrogens is 296 g/mol. The van der Waals surface area contributed by atoms with Gasteiger partial charge >= 0.3 is 0 Å². The van der Waals surface area contributed by atoms with Crippen molar-refractivity contribution in [1.82, 2.24) is 9.97 Å². The number of benzene rings is 1. The molecule has 1 fully saturated rings. The molecule has 1 unspecified atom stereocenters. The largest absolute Gasteiger partial charge is 0.353 e. The van der Waals surface area contributed by atoms with E-state index >= 15 is 0 Å². The van der Waals surface area contributed by atoms with Crippen LogP contribution in [0.3, 0.4) is 0 Å². The van der Waals surface area contributed by atoms with E-state index in [1.807, 2.05) is 6.07 Å². The lowest BCUT2D eigenvalue weighted by atomic mass is 10.00. The zero-order chi connectivity index (χ0) is 16.9. The van der Waals surface area contributed by atoms with Gasteiger partial charge in [-0.1, -0.05) is 25.1 Å². The predicted molar refractivity (Wildman–Crippen MR) is 101 cm³/mol. The molecular formula is C20H28N4. The molecule has 0 aliphatic carbocycles. The van der Waals surface area contributed by atoms with Gasteiger partial charge in [-0.25, -0.2) is 4.98 Å². The molecule has 3 rings (SSSR count). The predicted octanol–water partition coefficient (Wildman–Crippen LogP) is 4.71. The fraction of sp³-hybridized carbons (Fsp3) is 0.500. The molecule has 0 spiro atoms. The third-order valence-electron chi connectivity index (χ3n) is 4.85. The number of para-hydroxylation sites is 1. The molecule has 1 saturated heterocycles. The first-order valence-electron chi connectivity index (χ1n) is 9.17. The Kier molecular flexibility index (Phi) is 5.34. The van der Waals surface area contributed by atoms with Crippen molar-refractivity contribution in [2.75, 3.05) is 22.9 Å². The minimum Gasteiger partial charge on any atom is -0.353 e. The molecule has 0 radical (unpaired) electrons. The van der Waals surface area contributed by atoms with Gasteiger partial charge in [0.05, 0.1) is 0 Å². The highest BCUT2D eigenvalue weighted by atomic mass is 15.3. The van der Waals surface area contributed by atoms with Gasteiger partial charge in [0.2, 0.25) is 5.95 Å². The summed E-state index contributed by atoms with van der Waals surface area (Å²) in [6.07, 6.45) is 5.03. The number of nitrogens with zero attached hydrogens (tertiary/aromatic N) is 4. The van der Waals surface area contributed by atoms with Crippen LogP contribution in [-0.4, -0.2) is 29.1 Å². The molecule has 1 aliphatic rings. The van der Waals surface area contributed by atoms with Crippen molar-refractivity contribution in [1.29, 1.82) is 0 Å². The number of anilines is 3. The van der Waals surface area contributed by atoms with Gasteiger partial charge in [-0.2, -0.15) is 4.98 Å². The van der Waals surface area contributed by atoms with Crippen LogP contribution in [0.5, 0.6) is 0 Å². The smallest absolute Gasteiger partial charge is 0.232 e. The number of piperidine rings is 1. The average Bonchev–Trinajstić information content (AvgIpc) is 2.63. The molecule has 4 heteroatoms. The van der Waals surface area contributed by atoms with Gasteiger partial charge < -0.3 is 9.80 Å². The Balaban J connectivity index is 1.96. The van der Waals surface area contributed by atoms with Crippen molar-refractivity contribution in [3.05, 3.63) is 42.1 Å². The second-order valence-electron chi connectivity index (χ2n) is 6.50. The maximum Gasteiger partial charge on any atom is 0.232 e. The summed E-state index contributed by atoms with van der Waals surface area (Å²) in [5.41, 5.74) is 2.17. The van der Waals surface area contributed by atoms with E-state index in [4.69, 9.17) is 9.97 Å². The Hall–Kier alpha value is -2.10. The summed E-state index contributed by atoms with van der Waals surface area (Å²) in [7, 11) is 0. The van der Waals surface area contributed by atoms with Gasteiger partial charge in [0.15, 0.2) is 0 Å². The molecule has 1 atom stereocenters. The van der Waals surface area contributed by atoms with Crippen molar-refractivity contribution < 1.29 is 0 Å². The SMILES string of the molecule is CCC1CCCCN1c1cc(C)nc(N(CC)c2ccccc2)n1. The first kappa shape index (κ1) is 16.7.